The number of furan rings is 1. The minimum absolute atomic E-state index is 0.621. The van der Waals surface area contributed by atoms with Gasteiger partial charge in [0, 0.05) is 27.5 Å². The molecule has 238 valence electrons. The fraction of sp³-hybridized carbons (Fsp3) is 0. The Morgan fingerprint density at radius 1 is 0.294 bits per heavy atom. The quantitative estimate of drug-likeness (QED) is 0.186. The van der Waals surface area contributed by atoms with E-state index in [1.165, 1.54) is 16.3 Å². The van der Waals surface area contributed by atoms with Crippen LogP contribution in [0.1, 0.15) is 0 Å². The molecule has 0 saturated heterocycles. The molecular weight excluding hydrogens is 623 g/mol. The molecule has 0 aliphatic carbocycles. The Balaban J connectivity index is 1.15. The molecular formula is C47H29N3O. The first-order valence-electron chi connectivity index (χ1n) is 17.1. The molecule has 0 fully saturated rings. The van der Waals surface area contributed by atoms with Gasteiger partial charge in [-0.15, -0.1) is 0 Å². The van der Waals surface area contributed by atoms with Crippen molar-refractivity contribution in [2.24, 2.45) is 0 Å². The highest BCUT2D eigenvalue weighted by molar-refractivity contribution is 6.07. The average Bonchev–Trinajstić information content (AvgIpc) is 3.58. The fourth-order valence-corrected chi connectivity index (χ4v) is 7.08. The van der Waals surface area contributed by atoms with E-state index in [1.807, 2.05) is 42.5 Å². The normalized spacial score (nSPS) is 11.5. The average molecular weight is 652 g/mol. The summed E-state index contributed by atoms with van der Waals surface area (Å²) in [5, 5.41) is 6.90. The van der Waals surface area contributed by atoms with Crippen LogP contribution in [0.5, 0.6) is 0 Å². The predicted octanol–water partition coefficient (Wildman–Crippen LogP) is 12.4. The van der Waals surface area contributed by atoms with Crippen LogP contribution in [0.2, 0.25) is 0 Å². The van der Waals surface area contributed by atoms with Gasteiger partial charge < -0.3 is 4.42 Å². The smallest absolute Gasteiger partial charge is 0.164 e. The van der Waals surface area contributed by atoms with E-state index < -0.39 is 0 Å². The Bertz CT molecular complexity index is 2910. The minimum atomic E-state index is 0.621. The van der Waals surface area contributed by atoms with Crippen LogP contribution in [-0.2, 0) is 0 Å². The maximum atomic E-state index is 6.18. The van der Waals surface area contributed by atoms with Gasteiger partial charge in [0.05, 0.1) is 0 Å². The number of hydrogen-bond donors (Lipinski definition) is 0. The van der Waals surface area contributed by atoms with E-state index in [4.69, 9.17) is 19.4 Å². The molecule has 10 rings (SSSR count). The Morgan fingerprint density at radius 3 is 1.59 bits per heavy atom. The molecule has 2 heterocycles. The Labute approximate surface area is 294 Å². The van der Waals surface area contributed by atoms with Crippen molar-refractivity contribution in [3.63, 3.8) is 0 Å². The van der Waals surface area contributed by atoms with Crippen LogP contribution in [0.25, 0.3) is 99.9 Å². The van der Waals surface area contributed by atoms with Gasteiger partial charge in [-0.05, 0) is 80.2 Å². The lowest BCUT2D eigenvalue weighted by molar-refractivity contribution is 0.669. The Morgan fingerprint density at radius 2 is 0.824 bits per heavy atom. The second kappa shape index (κ2) is 11.9. The topological polar surface area (TPSA) is 51.8 Å². The Kier molecular flexibility index (Phi) is 6.78. The first-order chi connectivity index (χ1) is 25.2. The van der Waals surface area contributed by atoms with Gasteiger partial charge >= 0.3 is 0 Å². The van der Waals surface area contributed by atoms with Gasteiger partial charge in [-0.25, -0.2) is 15.0 Å². The molecule has 4 nitrogen and oxygen atoms in total. The van der Waals surface area contributed by atoms with Crippen LogP contribution >= 0.6 is 0 Å². The van der Waals surface area contributed by atoms with Crippen LogP contribution in [0, 0.1) is 0 Å². The Hall–Kier alpha value is -6.91. The molecule has 0 atom stereocenters. The zero-order valence-electron chi connectivity index (χ0n) is 27.5. The van der Waals surface area contributed by atoms with E-state index in [-0.39, 0.29) is 0 Å². The number of benzene rings is 8. The molecule has 0 aliphatic heterocycles. The highest BCUT2D eigenvalue weighted by Gasteiger charge is 2.18. The summed E-state index contributed by atoms with van der Waals surface area (Å²) >= 11 is 0. The summed E-state index contributed by atoms with van der Waals surface area (Å²) in [6.07, 6.45) is 0. The summed E-state index contributed by atoms with van der Waals surface area (Å²) < 4.78 is 6.18. The molecule has 0 aliphatic rings. The fourth-order valence-electron chi connectivity index (χ4n) is 7.08. The first kappa shape index (κ1) is 29.0. The number of fused-ring (bicyclic) bond motifs is 5. The zero-order chi connectivity index (χ0) is 33.7. The largest absolute Gasteiger partial charge is 0.456 e. The molecule has 0 N–H and O–H groups in total. The third-order valence-electron chi connectivity index (χ3n) is 9.71. The molecule has 0 unspecified atom stereocenters. The minimum Gasteiger partial charge on any atom is -0.456 e. The summed E-state index contributed by atoms with van der Waals surface area (Å²) in [4.78, 5) is 15.4. The van der Waals surface area contributed by atoms with Crippen LogP contribution in [0.4, 0.5) is 0 Å². The predicted molar refractivity (Wildman–Crippen MR) is 209 cm³/mol. The van der Waals surface area contributed by atoms with E-state index in [0.29, 0.717) is 17.5 Å². The van der Waals surface area contributed by atoms with Crippen LogP contribution in [0.3, 0.4) is 0 Å². The molecule has 0 amide bonds. The van der Waals surface area contributed by atoms with Gasteiger partial charge in [-0.3, -0.25) is 0 Å². The number of hydrogen-bond acceptors (Lipinski definition) is 4. The molecule has 0 saturated carbocycles. The monoisotopic (exact) mass is 651 g/mol. The molecule has 10 aromatic rings. The lowest BCUT2D eigenvalue weighted by Gasteiger charge is -2.14. The van der Waals surface area contributed by atoms with E-state index in [2.05, 4.69) is 133 Å². The van der Waals surface area contributed by atoms with Gasteiger partial charge in [0.25, 0.3) is 0 Å². The van der Waals surface area contributed by atoms with Crippen molar-refractivity contribution in [1.29, 1.82) is 0 Å². The lowest BCUT2D eigenvalue weighted by atomic mass is 9.94. The highest BCUT2D eigenvalue weighted by Crippen LogP contribution is 2.39. The van der Waals surface area contributed by atoms with Gasteiger partial charge in [0.15, 0.2) is 17.5 Å². The van der Waals surface area contributed by atoms with Gasteiger partial charge in [0.1, 0.15) is 11.2 Å². The second-order valence-electron chi connectivity index (χ2n) is 12.9. The van der Waals surface area contributed by atoms with Gasteiger partial charge in [-0.2, -0.15) is 0 Å². The molecule has 8 aromatic carbocycles. The molecule has 0 spiro atoms. The molecule has 2 aromatic heterocycles. The van der Waals surface area contributed by atoms with E-state index in [0.717, 1.165) is 66.1 Å². The maximum absolute atomic E-state index is 6.18. The second-order valence-corrected chi connectivity index (χ2v) is 12.9. The summed E-state index contributed by atoms with van der Waals surface area (Å²) in [6, 6.07) is 61.2. The molecule has 4 heteroatoms. The van der Waals surface area contributed by atoms with E-state index >= 15 is 0 Å². The van der Waals surface area contributed by atoms with Crippen molar-refractivity contribution in [3.05, 3.63) is 176 Å². The van der Waals surface area contributed by atoms with Crippen LogP contribution in [-0.4, -0.2) is 15.0 Å². The first-order valence-corrected chi connectivity index (χ1v) is 17.1. The molecule has 0 radical (unpaired) electrons. The summed E-state index contributed by atoms with van der Waals surface area (Å²) in [5.74, 6) is 1.87. The standard InChI is InChI=1S/C47H29N3O/c1-2-11-32(12-3-1)45-48-46(33-21-18-31(19-22-33)37-23-20-30-10-4-5-13-34(30)26-37)50-47(49-45)42-28-36-15-7-6-14-35(36)27-40(42)38-24-25-44-41(29-38)39-16-8-9-17-43(39)51-44/h1-29H. The van der Waals surface area contributed by atoms with E-state index in [1.54, 1.807) is 0 Å². The van der Waals surface area contributed by atoms with Crippen molar-refractivity contribution in [1.82, 2.24) is 15.0 Å². The highest BCUT2D eigenvalue weighted by atomic mass is 16.3. The lowest BCUT2D eigenvalue weighted by Crippen LogP contribution is -2.01. The van der Waals surface area contributed by atoms with Crippen molar-refractivity contribution >= 4 is 43.5 Å². The number of rotatable bonds is 5. The van der Waals surface area contributed by atoms with Gasteiger partial charge in [0.2, 0.25) is 0 Å². The van der Waals surface area contributed by atoms with Crippen LogP contribution < -0.4 is 0 Å². The number of aromatic nitrogens is 3. The van der Waals surface area contributed by atoms with Crippen molar-refractivity contribution in [2.75, 3.05) is 0 Å². The SMILES string of the molecule is c1ccc(-c2nc(-c3ccc(-c4ccc5ccccc5c4)cc3)nc(-c3cc4ccccc4cc3-c3ccc4oc5ccccc5c4c3)n2)cc1. The van der Waals surface area contributed by atoms with Crippen molar-refractivity contribution < 1.29 is 4.42 Å². The summed E-state index contributed by atoms with van der Waals surface area (Å²) in [5.41, 5.74) is 8.97. The third-order valence-corrected chi connectivity index (χ3v) is 9.71. The van der Waals surface area contributed by atoms with Crippen molar-refractivity contribution in [2.45, 2.75) is 0 Å². The van der Waals surface area contributed by atoms with Crippen LogP contribution in [0.15, 0.2) is 180 Å². The maximum Gasteiger partial charge on any atom is 0.164 e. The summed E-state index contributed by atoms with van der Waals surface area (Å²) in [7, 11) is 0. The van der Waals surface area contributed by atoms with Gasteiger partial charge in [-0.1, -0.05) is 140 Å². The van der Waals surface area contributed by atoms with E-state index in [9.17, 15) is 0 Å². The van der Waals surface area contributed by atoms with Crippen molar-refractivity contribution in [3.8, 4) is 56.4 Å². The molecule has 51 heavy (non-hydrogen) atoms. The number of nitrogens with zero attached hydrogens (tertiary/aromatic N) is 3. The number of para-hydroxylation sites is 1. The summed E-state index contributed by atoms with van der Waals surface area (Å²) in [6.45, 7) is 0. The zero-order valence-corrected chi connectivity index (χ0v) is 27.5. The third kappa shape index (κ3) is 5.22. The molecule has 0 bridgehead atoms.